The van der Waals surface area contributed by atoms with E-state index in [9.17, 15) is 9.59 Å². The minimum atomic E-state index is -0.223. The number of nitrogens with one attached hydrogen (secondary N) is 1. The lowest BCUT2D eigenvalue weighted by Gasteiger charge is -2.25. The van der Waals surface area contributed by atoms with Gasteiger partial charge in [-0.2, -0.15) is 0 Å². The highest BCUT2D eigenvalue weighted by Crippen LogP contribution is 2.39. The summed E-state index contributed by atoms with van der Waals surface area (Å²) in [6.07, 6.45) is 2.60. The topological polar surface area (TPSA) is 61.8 Å². The van der Waals surface area contributed by atoms with E-state index < -0.39 is 0 Å². The van der Waals surface area contributed by atoms with Crippen molar-refractivity contribution < 1.29 is 9.59 Å². The predicted molar refractivity (Wildman–Crippen MR) is 116 cm³/mol. The molecule has 0 radical (unpaired) electrons. The maximum Gasteiger partial charge on any atom is 0.240 e. The monoisotopic (exact) mass is 409 g/mol. The molecule has 1 aliphatic heterocycles. The van der Waals surface area contributed by atoms with Gasteiger partial charge in [0, 0.05) is 17.3 Å². The van der Waals surface area contributed by atoms with E-state index in [1.165, 1.54) is 0 Å². The summed E-state index contributed by atoms with van der Waals surface area (Å²) in [5.41, 5.74) is 5.48. The molecule has 4 rings (SSSR count). The number of carbonyl (C=O) groups is 2. The fourth-order valence-corrected chi connectivity index (χ4v) is 4.18. The van der Waals surface area contributed by atoms with Crippen LogP contribution in [0.3, 0.4) is 0 Å². The Kier molecular flexibility index (Phi) is 5.41. The zero-order chi connectivity index (χ0) is 20.5. The SMILES string of the molecule is Cc1cc2c(cc1C)N(CC(=O)NCc1ccccc1Cl)C(=O)C1CCCC1=N2. The van der Waals surface area contributed by atoms with Crippen molar-refractivity contribution in [3.63, 3.8) is 0 Å². The van der Waals surface area contributed by atoms with Crippen LogP contribution in [0.2, 0.25) is 5.02 Å². The molecule has 2 aliphatic rings. The Balaban J connectivity index is 1.59. The highest BCUT2D eigenvalue weighted by molar-refractivity contribution is 6.31. The summed E-state index contributed by atoms with van der Waals surface area (Å²) in [6.45, 7) is 4.34. The van der Waals surface area contributed by atoms with E-state index in [2.05, 4.69) is 5.32 Å². The summed E-state index contributed by atoms with van der Waals surface area (Å²) in [5, 5.41) is 3.50. The van der Waals surface area contributed by atoms with Crippen molar-refractivity contribution in [1.82, 2.24) is 5.32 Å². The molecule has 2 aromatic carbocycles. The van der Waals surface area contributed by atoms with Gasteiger partial charge in [0.2, 0.25) is 11.8 Å². The first-order valence-electron chi connectivity index (χ1n) is 9.94. The van der Waals surface area contributed by atoms with E-state index in [0.29, 0.717) is 17.3 Å². The molecular formula is C23H24ClN3O2. The summed E-state index contributed by atoms with van der Waals surface area (Å²) < 4.78 is 0. The van der Waals surface area contributed by atoms with Crippen LogP contribution in [-0.4, -0.2) is 24.1 Å². The average molecular weight is 410 g/mol. The Morgan fingerprint density at radius 3 is 2.79 bits per heavy atom. The second-order valence-electron chi connectivity index (χ2n) is 7.77. The third-order valence-electron chi connectivity index (χ3n) is 5.77. The van der Waals surface area contributed by atoms with Crippen molar-refractivity contribution >= 4 is 40.5 Å². The lowest BCUT2D eigenvalue weighted by atomic mass is 10.0. The summed E-state index contributed by atoms with van der Waals surface area (Å²) >= 11 is 6.17. The standard InChI is InChI=1S/C23H24ClN3O2/c1-14-10-20-21(11-15(14)2)27(23(29)17-7-5-9-19(17)26-20)13-22(28)25-12-16-6-3-4-8-18(16)24/h3-4,6,8,10-11,17H,5,7,9,12-13H2,1-2H3,(H,25,28). The van der Waals surface area contributed by atoms with Gasteiger partial charge in [-0.1, -0.05) is 29.8 Å². The molecule has 29 heavy (non-hydrogen) atoms. The molecule has 1 unspecified atom stereocenters. The smallest absolute Gasteiger partial charge is 0.240 e. The highest BCUT2D eigenvalue weighted by atomic mass is 35.5. The molecule has 2 amide bonds. The molecular weight excluding hydrogens is 386 g/mol. The van der Waals surface area contributed by atoms with Crippen LogP contribution in [0, 0.1) is 19.8 Å². The Bertz CT molecular complexity index is 1020. The van der Waals surface area contributed by atoms with Gasteiger partial charge in [0.05, 0.1) is 17.3 Å². The molecule has 0 bridgehead atoms. The maximum atomic E-state index is 13.3. The largest absolute Gasteiger partial charge is 0.350 e. The van der Waals surface area contributed by atoms with Crippen LogP contribution >= 0.6 is 11.6 Å². The molecule has 0 saturated heterocycles. The lowest BCUT2D eigenvalue weighted by Crippen LogP contribution is -2.43. The molecule has 1 saturated carbocycles. The van der Waals surface area contributed by atoms with E-state index >= 15 is 0 Å². The molecule has 1 fully saturated rings. The van der Waals surface area contributed by atoms with Crippen molar-refractivity contribution in [3.8, 4) is 0 Å². The second-order valence-corrected chi connectivity index (χ2v) is 8.17. The summed E-state index contributed by atoms with van der Waals surface area (Å²) in [6, 6.07) is 11.4. The van der Waals surface area contributed by atoms with E-state index in [1.54, 1.807) is 11.0 Å². The van der Waals surface area contributed by atoms with E-state index in [-0.39, 0.29) is 24.3 Å². The lowest BCUT2D eigenvalue weighted by molar-refractivity contribution is -0.124. The first-order valence-corrected chi connectivity index (χ1v) is 10.3. The van der Waals surface area contributed by atoms with Crippen LogP contribution in [0.1, 0.15) is 36.0 Å². The van der Waals surface area contributed by atoms with Crippen molar-refractivity contribution in [2.24, 2.45) is 10.9 Å². The molecule has 1 atom stereocenters. The van der Waals surface area contributed by atoms with E-state index in [0.717, 1.165) is 47.4 Å². The summed E-state index contributed by atoms with van der Waals surface area (Å²) in [5.74, 6) is -0.473. The minimum Gasteiger partial charge on any atom is -0.350 e. The van der Waals surface area contributed by atoms with Gasteiger partial charge in [-0.25, -0.2) is 0 Å². The van der Waals surface area contributed by atoms with Gasteiger partial charge >= 0.3 is 0 Å². The third-order valence-corrected chi connectivity index (χ3v) is 6.14. The fraction of sp³-hybridized carbons (Fsp3) is 0.348. The van der Waals surface area contributed by atoms with E-state index in [1.807, 2.05) is 44.2 Å². The Labute approximate surface area is 175 Å². The van der Waals surface area contributed by atoms with E-state index in [4.69, 9.17) is 16.6 Å². The molecule has 1 N–H and O–H groups in total. The van der Waals surface area contributed by atoms with Crippen LogP contribution in [0.5, 0.6) is 0 Å². The molecule has 1 heterocycles. The quantitative estimate of drug-likeness (QED) is 0.808. The first kappa shape index (κ1) is 19.6. The first-order chi connectivity index (χ1) is 13.9. The minimum absolute atomic E-state index is 0.0297. The van der Waals surface area contributed by atoms with Crippen molar-refractivity contribution in [3.05, 3.63) is 58.1 Å². The zero-order valence-electron chi connectivity index (χ0n) is 16.7. The van der Waals surface area contributed by atoms with Gasteiger partial charge in [0.25, 0.3) is 0 Å². The van der Waals surface area contributed by atoms with Gasteiger partial charge < -0.3 is 10.2 Å². The average Bonchev–Trinajstić information content (AvgIpc) is 3.12. The Morgan fingerprint density at radius 2 is 2.00 bits per heavy atom. The molecule has 0 aromatic heterocycles. The Hall–Kier alpha value is -2.66. The summed E-state index contributed by atoms with van der Waals surface area (Å²) in [4.78, 5) is 32.4. The van der Waals surface area contributed by atoms with Crippen molar-refractivity contribution in [2.75, 3.05) is 11.4 Å². The van der Waals surface area contributed by atoms with Crippen molar-refractivity contribution in [1.29, 1.82) is 0 Å². The number of amides is 2. The predicted octanol–water partition coefficient (Wildman–Crippen LogP) is 4.49. The zero-order valence-corrected chi connectivity index (χ0v) is 17.4. The molecule has 5 nitrogen and oxygen atoms in total. The number of hydrogen-bond acceptors (Lipinski definition) is 3. The number of anilines is 1. The number of aliphatic imine (C=N–C) groups is 1. The van der Waals surface area contributed by atoms with Gasteiger partial charge in [-0.3, -0.25) is 14.6 Å². The second kappa shape index (κ2) is 7.99. The number of rotatable bonds is 4. The van der Waals surface area contributed by atoms with Gasteiger partial charge in [0.1, 0.15) is 6.54 Å². The third kappa shape index (κ3) is 3.92. The van der Waals surface area contributed by atoms with Crippen LogP contribution in [-0.2, 0) is 16.1 Å². The Morgan fingerprint density at radius 1 is 1.24 bits per heavy atom. The van der Waals surface area contributed by atoms with Crippen molar-refractivity contribution in [2.45, 2.75) is 39.7 Å². The van der Waals surface area contributed by atoms with Crippen LogP contribution in [0.25, 0.3) is 0 Å². The van der Waals surface area contributed by atoms with Crippen LogP contribution in [0.4, 0.5) is 11.4 Å². The maximum absolute atomic E-state index is 13.3. The number of carbonyl (C=O) groups excluding carboxylic acids is 2. The fourth-order valence-electron chi connectivity index (χ4n) is 3.98. The molecule has 6 heteroatoms. The van der Waals surface area contributed by atoms with Gasteiger partial charge in [0.15, 0.2) is 0 Å². The number of fused-ring (bicyclic) bond motifs is 2. The number of hydrogen-bond donors (Lipinski definition) is 1. The number of aryl methyl sites for hydroxylation is 2. The number of halogens is 1. The normalized spacial score (nSPS) is 18.0. The molecule has 2 aromatic rings. The van der Waals surface area contributed by atoms with Crippen LogP contribution < -0.4 is 10.2 Å². The highest BCUT2D eigenvalue weighted by Gasteiger charge is 2.37. The molecule has 0 spiro atoms. The molecule has 150 valence electrons. The molecule has 1 aliphatic carbocycles. The van der Waals surface area contributed by atoms with Gasteiger partial charge in [-0.15, -0.1) is 0 Å². The van der Waals surface area contributed by atoms with Crippen LogP contribution in [0.15, 0.2) is 41.4 Å². The summed E-state index contributed by atoms with van der Waals surface area (Å²) in [7, 11) is 0. The van der Waals surface area contributed by atoms with Gasteiger partial charge in [-0.05, 0) is 68.0 Å². The number of benzene rings is 2. The number of nitrogens with zero attached hydrogens (tertiary/aromatic N) is 2.